The van der Waals surface area contributed by atoms with Crippen molar-refractivity contribution in [3.05, 3.63) is 65.6 Å². The fourth-order valence-electron chi connectivity index (χ4n) is 3.66. The lowest BCUT2D eigenvalue weighted by atomic mass is 10.0. The molecule has 1 saturated carbocycles. The van der Waals surface area contributed by atoms with Crippen molar-refractivity contribution < 1.29 is 9.32 Å². The summed E-state index contributed by atoms with van der Waals surface area (Å²) in [6, 6.07) is 11.7. The number of fused-ring (bicyclic) bond motifs is 1. The molecule has 0 saturated heterocycles. The second-order valence-corrected chi connectivity index (χ2v) is 7.84. The van der Waals surface area contributed by atoms with Crippen molar-refractivity contribution in [2.75, 3.05) is 6.54 Å². The quantitative estimate of drug-likeness (QED) is 0.471. The first-order valence-corrected chi connectivity index (χ1v) is 10.3. The average molecular weight is 401 g/mol. The molecule has 1 aromatic carbocycles. The number of pyridine rings is 1. The summed E-state index contributed by atoms with van der Waals surface area (Å²) in [5.74, 6) is 0.288. The second-order valence-electron chi connectivity index (χ2n) is 7.84. The summed E-state index contributed by atoms with van der Waals surface area (Å²) in [6.45, 7) is 3.34. The molecule has 0 unspecified atom stereocenters. The summed E-state index contributed by atoms with van der Waals surface area (Å²) in [5, 5.41) is 12.2. The maximum atomic E-state index is 13.1. The van der Waals surface area contributed by atoms with Crippen LogP contribution in [0.3, 0.4) is 0 Å². The summed E-state index contributed by atoms with van der Waals surface area (Å²) in [4.78, 5) is 17.8. The van der Waals surface area contributed by atoms with Crippen LogP contribution in [0, 0.1) is 6.92 Å². The van der Waals surface area contributed by atoms with Crippen molar-refractivity contribution in [3.8, 4) is 11.3 Å². The van der Waals surface area contributed by atoms with Crippen LogP contribution in [0.25, 0.3) is 22.4 Å². The summed E-state index contributed by atoms with van der Waals surface area (Å²) in [5.41, 5.74) is 4.60. The van der Waals surface area contributed by atoms with E-state index in [9.17, 15) is 4.79 Å². The molecular weight excluding hydrogens is 378 g/mol. The number of rotatable bonds is 7. The normalized spacial score (nSPS) is 13.6. The lowest BCUT2D eigenvalue weighted by Crippen LogP contribution is -2.25. The third kappa shape index (κ3) is 3.70. The van der Waals surface area contributed by atoms with Crippen LogP contribution < -0.4 is 5.32 Å². The average Bonchev–Trinajstić information content (AvgIpc) is 3.40. The van der Waals surface area contributed by atoms with Crippen molar-refractivity contribution >= 4 is 17.0 Å². The lowest BCUT2D eigenvalue weighted by molar-refractivity contribution is 0.0954. The molecule has 152 valence electrons. The predicted octanol–water partition coefficient (Wildman–Crippen LogP) is 4.09. The van der Waals surface area contributed by atoms with Gasteiger partial charge < -0.3 is 9.84 Å². The number of carbonyl (C=O) groups is 1. The van der Waals surface area contributed by atoms with Crippen LogP contribution in [0.4, 0.5) is 0 Å². The minimum absolute atomic E-state index is 0.124. The number of aryl methyl sites for hydroxylation is 2. The van der Waals surface area contributed by atoms with Crippen LogP contribution in [-0.2, 0) is 6.54 Å². The van der Waals surface area contributed by atoms with Gasteiger partial charge in [-0.2, -0.15) is 5.10 Å². The second kappa shape index (κ2) is 7.74. The highest BCUT2D eigenvalue weighted by molar-refractivity contribution is 6.09. The molecule has 0 radical (unpaired) electrons. The fourth-order valence-corrected chi connectivity index (χ4v) is 3.66. The first-order chi connectivity index (χ1) is 14.7. The summed E-state index contributed by atoms with van der Waals surface area (Å²) >= 11 is 0. The number of hydrogen-bond acceptors (Lipinski definition) is 5. The van der Waals surface area contributed by atoms with E-state index in [1.165, 1.54) is 0 Å². The predicted molar refractivity (Wildman–Crippen MR) is 113 cm³/mol. The molecule has 1 N–H and O–H groups in total. The molecule has 30 heavy (non-hydrogen) atoms. The van der Waals surface area contributed by atoms with E-state index in [0.717, 1.165) is 42.6 Å². The zero-order valence-corrected chi connectivity index (χ0v) is 16.8. The van der Waals surface area contributed by atoms with Gasteiger partial charge in [0, 0.05) is 36.5 Å². The largest absolute Gasteiger partial charge is 0.352 e. The first-order valence-electron chi connectivity index (χ1n) is 10.3. The highest BCUT2D eigenvalue weighted by Gasteiger charge is 2.29. The van der Waals surface area contributed by atoms with Gasteiger partial charge in [-0.1, -0.05) is 35.5 Å². The molecule has 5 rings (SSSR count). The zero-order chi connectivity index (χ0) is 20.5. The topological polar surface area (TPSA) is 85.8 Å². The minimum Gasteiger partial charge on any atom is -0.352 e. The number of carbonyl (C=O) groups excluding carboxylic acids is 1. The van der Waals surface area contributed by atoms with Crippen molar-refractivity contribution in [1.82, 2.24) is 25.2 Å². The molecule has 7 heteroatoms. The van der Waals surface area contributed by atoms with Gasteiger partial charge in [0.2, 0.25) is 0 Å². The van der Waals surface area contributed by atoms with E-state index in [1.54, 1.807) is 0 Å². The summed E-state index contributed by atoms with van der Waals surface area (Å²) in [7, 11) is 0. The van der Waals surface area contributed by atoms with Gasteiger partial charge in [0.1, 0.15) is 5.69 Å². The maximum Gasteiger partial charge on any atom is 0.259 e. The summed E-state index contributed by atoms with van der Waals surface area (Å²) in [6.07, 6.45) is 6.83. The molecule has 1 fully saturated rings. The SMILES string of the molecule is Cc1cnn(CCCNC(=O)c2cc(C3CC3)nc3onc(-c4ccccc4)c23)c1. The van der Waals surface area contributed by atoms with Crippen molar-refractivity contribution in [2.45, 2.75) is 38.6 Å². The van der Waals surface area contributed by atoms with Crippen molar-refractivity contribution in [1.29, 1.82) is 0 Å². The highest BCUT2D eigenvalue weighted by atomic mass is 16.5. The molecule has 1 amide bonds. The van der Waals surface area contributed by atoms with Gasteiger partial charge >= 0.3 is 0 Å². The number of hydrogen-bond donors (Lipinski definition) is 1. The number of benzene rings is 1. The monoisotopic (exact) mass is 401 g/mol. The van der Waals surface area contributed by atoms with Crippen LogP contribution in [0.5, 0.6) is 0 Å². The molecule has 0 bridgehead atoms. The Labute approximate surface area is 174 Å². The van der Waals surface area contributed by atoms with Crippen molar-refractivity contribution in [3.63, 3.8) is 0 Å². The number of nitrogens with one attached hydrogen (secondary N) is 1. The Bertz CT molecular complexity index is 1190. The number of nitrogens with zero attached hydrogens (tertiary/aromatic N) is 4. The van der Waals surface area contributed by atoms with E-state index in [-0.39, 0.29) is 5.91 Å². The Morgan fingerprint density at radius 2 is 2.10 bits per heavy atom. The Balaban J connectivity index is 1.41. The molecule has 1 aliphatic rings. The summed E-state index contributed by atoms with van der Waals surface area (Å²) < 4.78 is 7.44. The minimum atomic E-state index is -0.124. The third-order valence-electron chi connectivity index (χ3n) is 5.37. The lowest BCUT2D eigenvalue weighted by Gasteiger charge is -2.09. The van der Waals surface area contributed by atoms with Gasteiger partial charge in [0.05, 0.1) is 17.1 Å². The van der Waals surface area contributed by atoms with Gasteiger partial charge in [0.15, 0.2) is 0 Å². The molecule has 3 aromatic heterocycles. The van der Waals surface area contributed by atoms with Gasteiger partial charge in [-0.25, -0.2) is 4.98 Å². The molecule has 7 nitrogen and oxygen atoms in total. The first kappa shape index (κ1) is 18.5. The Hall–Kier alpha value is -3.48. The van der Waals surface area contributed by atoms with E-state index in [4.69, 9.17) is 4.52 Å². The van der Waals surface area contributed by atoms with E-state index < -0.39 is 0 Å². The van der Waals surface area contributed by atoms with Crippen LogP contribution in [0.15, 0.2) is 53.3 Å². The van der Waals surface area contributed by atoms with Crippen LogP contribution in [-0.4, -0.2) is 32.4 Å². The van der Waals surface area contributed by atoms with Crippen LogP contribution >= 0.6 is 0 Å². The smallest absolute Gasteiger partial charge is 0.259 e. The number of aromatic nitrogens is 4. The van der Waals surface area contributed by atoms with Gasteiger partial charge in [-0.3, -0.25) is 9.48 Å². The van der Waals surface area contributed by atoms with E-state index in [1.807, 2.05) is 60.4 Å². The Morgan fingerprint density at radius 3 is 2.83 bits per heavy atom. The molecule has 4 aromatic rings. The van der Waals surface area contributed by atoms with Gasteiger partial charge in [0.25, 0.3) is 11.6 Å². The molecular formula is C23H23N5O2. The van der Waals surface area contributed by atoms with Crippen LogP contribution in [0.1, 0.15) is 46.8 Å². The van der Waals surface area contributed by atoms with Crippen LogP contribution in [0.2, 0.25) is 0 Å². The molecule has 0 spiro atoms. The van der Waals surface area contributed by atoms with Gasteiger partial charge in [-0.15, -0.1) is 0 Å². The molecule has 0 aliphatic heterocycles. The Morgan fingerprint density at radius 1 is 1.27 bits per heavy atom. The fraction of sp³-hybridized carbons (Fsp3) is 0.304. The Kier molecular flexibility index (Phi) is 4.78. The molecule has 3 heterocycles. The maximum absolute atomic E-state index is 13.1. The van der Waals surface area contributed by atoms with E-state index >= 15 is 0 Å². The molecule has 1 aliphatic carbocycles. The van der Waals surface area contributed by atoms with Gasteiger partial charge in [-0.05, 0) is 37.8 Å². The van der Waals surface area contributed by atoms with E-state index in [0.29, 0.717) is 34.8 Å². The third-order valence-corrected chi connectivity index (χ3v) is 5.37. The zero-order valence-electron chi connectivity index (χ0n) is 16.8. The van der Waals surface area contributed by atoms with E-state index in [2.05, 4.69) is 20.6 Å². The molecule has 0 atom stereocenters. The highest BCUT2D eigenvalue weighted by Crippen LogP contribution is 2.41. The van der Waals surface area contributed by atoms with Crippen molar-refractivity contribution in [2.24, 2.45) is 0 Å². The standard InChI is InChI=1S/C23H23N5O2/c1-15-13-25-28(14-15)11-5-10-24-22(29)18-12-19(16-8-9-16)26-23-20(18)21(27-30-23)17-6-3-2-4-7-17/h2-4,6-7,12-14,16H,5,8-11H2,1H3,(H,24,29). The number of amides is 1.